The van der Waals surface area contributed by atoms with E-state index in [0.717, 1.165) is 16.5 Å². The lowest BCUT2D eigenvalue weighted by Crippen LogP contribution is -2.17. The molecule has 0 bridgehead atoms. The molecule has 0 aromatic heterocycles. The predicted molar refractivity (Wildman–Crippen MR) is 56.2 cm³/mol. The number of hydrogen-bond acceptors (Lipinski definition) is 2. The van der Waals surface area contributed by atoms with E-state index in [1.165, 1.54) is 0 Å². The quantitative estimate of drug-likeness (QED) is 0.860. The lowest BCUT2D eigenvalue weighted by Gasteiger charge is -2.05. The molecule has 2 N–H and O–H groups in total. The molecule has 0 saturated heterocycles. The smallest absolute Gasteiger partial charge is 0.100 e. The third kappa shape index (κ3) is 2.83. The van der Waals surface area contributed by atoms with E-state index in [2.05, 4.69) is 22.0 Å². The summed E-state index contributed by atoms with van der Waals surface area (Å²) in [6.45, 7) is 1.96. The van der Waals surface area contributed by atoms with Gasteiger partial charge in [0.05, 0.1) is 5.56 Å². The van der Waals surface area contributed by atoms with Crippen LogP contribution >= 0.6 is 15.9 Å². The van der Waals surface area contributed by atoms with E-state index in [0.29, 0.717) is 5.56 Å². The van der Waals surface area contributed by atoms with Crippen molar-refractivity contribution in [1.29, 1.82) is 5.26 Å². The van der Waals surface area contributed by atoms with Crippen LogP contribution in [0.5, 0.6) is 0 Å². The zero-order valence-corrected chi connectivity index (χ0v) is 9.01. The number of benzene rings is 1. The Balaban J connectivity index is 2.91. The Morgan fingerprint density at radius 2 is 2.31 bits per heavy atom. The van der Waals surface area contributed by atoms with Gasteiger partial charge in [-0.3, -0.25) is 0 Å². The highest BCUT2D eigenvalue weighted by atomic mass is 79.9. The van der Waals surface area contributed by atoms with Crippen LogP contribution in [0, 0.1) is 11.3 Å². The van der Waals surface area contributed by atoms with Crippen molar-refractivity contribution >= 4 is 15.9 Å². The van der Waals surface area contributed by atoms with Gasteiger partial charge in [-0.15, -0.1) is 0 Å². The SMILES string of the molecule is C[C@H](N)Cc1ccc(C#N)c(Br)c1. The molecule has 0 aliphatic heterocycles. The lowest BCUT2D eigenvalue weighted by molar-refractivity contribution is 0.738. The van der Waals surface area contributed by atoms with E-state index in [1.807, 2.05) is 25.1 Å². The monoisotopic (exact) mass is 238 g/mol. The van der Waals surface area contributed by atoms with Crippen LogP contribution in [0.15, 0.2) is 22.7 Å². The molecule has 68 valence electrons. The Morgan fingerprint density at radius 3 is 2.77 bits per heavy atom. The molecular weight excluding hydrogens is 228 g/mol. The minimum absolute atomic E-state index is 0.153. The summed E-state index contributed by atoms with van der Waals surface area (Å²) < 4.78 is 0.841. The predicted octanol–water partition coefficient (Wildman–Crippen LogP) is 2.21. The van der Waals surface area contributed by atoms with Crippen molar-refractivity contribution in [1.82, 2.24) is 0 Å². The molecule has 0 saturated carbocycles. The van der Waals surface area contributed by atoms with Crippen LogP contribution in [-0.2, 0) is 6.42 Å². The highest BCUT2D eigenvalue weighted by Gasteiger charge is 2.02. The van der Waals surface area contributed by atoms with Gasteiger partial charge in [-0.25, -0.2) is 0 Å². The molecule has 0 radical (unpaired) electrons. The van der Waals surface area contributed by atoms with E-state index in [-0.39, 0.29) is 6.04 Å². The zero-order valence-electron chi connectivity index (χ0n) is 7.42. The van der Waals surface area contributed by atoms with Crippen molar-refractivity contribution in [3.05, 3.63) is 33.8 Å². The van der Waals surface area contributed by atoms with Gasteiger partial charge in [-0.2, -0.15) is 5.26 Å². The van der Waals surface area contributed by atoms with Gasteiger partial charge in [0.2, 0.25) is 0 Å². The topological polar surface area (TPSA) is 49.8 Å². The Kier molecular flexibility index (Phi) is 3.47. The minimum atomic E-state index is 0.153. The normalized spacial score (nSPS) is 12.2. The van der Waals surface area contributed by atoms with E-state index < -0.39 is 0 Å². The highest BCUT2D eigenvalue weighted by Crippen LogP contribution is 2.18. The molecule has 1 aromatic carbocycles. The number of rotatable bonds is 2. The van der Waals surface area contributed by atoms with Crippen LogP contribution in [0.2, 0.25) is 0 Å². The summed E-state index contributed by atoms with van der Waals surface area (Å²) in [5, 5.41) is 8.69. The first-order valence-electron chi connectivity index (χ1n) is 4.07. The second-order valence-electron chi connectivity index (χ2n) is 3.11. The molecule has 1 atom stereocenters. The number of halogens is 1. The van der Waals surface area contributed by atoms with Crippen molar-refractivity contribution in [2.24, 2.45) is 5.73 Å². The molecular formula is C10H11BrN2. The van der Waals surface area contributed by atoms with Gasteiger partial charge in [-0.1, -0.05) is 6.07 Å². The maximum atomic E-state index is 8.69. The molecule has 1 rings (SSSR count). The molecule has 13 heavy (non-hydrogen) atoms. The summed E-state index contributed by atoms with van der Waals surface area (Å²) in [6.07, 6.45) is 0.838. The highest BCUT2D eigenvalue weighted by molar-refractivity contribution is 9.10. The van der Waals surface area contributed by atoms with Crippen LogP contribution in [-0.4, -0.2) is 6.04 Å². The fourth-order valence-corrected chi connectivity index (χ4v) is 1.66. The maximum Gasteiger partial charge on any atom is 0.100 e. The molecule has 1 aromatic rings. The molecule has 0 spiro atoms. The summed E-state index contributed by atoms with van der Waals surface area (Å²) in [7, 11) is 0. The van der Waals surface area contributed by atoms with Crippen LogP contribution in [0.3, 0.4) is 0 Å². The summed E-state index contributed by atoms with van der Waals surface area (Å²) in [5.74, 6) is 0. The average Bonchev–Trinajstić information content (AvgIpc) is 2.03. The summed E-state index contributed by atoms with van der Waals surface area (Å²) in [6, 6.07) is 7.94. The molecule has 0 unspecified atom stereocenters. The van der Waals surface area contributed by atoms with Crippen LogP contribution in [0.4, 0.5) is 0 Å². The summed E-state index contributed by atoms with van der Waals surface area (Å²) in [4.78, 5) is 0. The largest absolute Gasteiger partial charge is 0.328 e. The van der Waals surface area contributed by atoms with Crippen molar-refractivity contribution in [3.8, 4) is 6.07 Å². The molecule has 0 amide bonds. The van der Waals surface area contributed by atoms with E-state index in [1.54, 1.807) is 0 Å². The van der Waals surface area contributed by atoms with Gasteiger partial charge >= 0.3 is 0 Å². The Labute approximate surface area is 86.5 Å². The van der Waals surface area contributed by atoms with Crippen molar-refractivity contribution < 1.29 is 0 Å². The minimum Gasteiger partial charge on any atom is -0.328 e. The van der Waals surface area contributed by atoms with Gasteiger partial charge in [0.15, 0.2) is 0 Å². The van der Waals surface area contributed by atoms with E-state index in [4.69, 9.17) is 11.0 Å². The first-order valence-corrected chi connectivity index (χ1v) is 4.87. The number of hydrogen-bond donors (Lipinski definition) is 1. The molecule has 2 nitrogen and oxygen atoms in total. The second-order valence-corrected chi connectivity index (χ2v) is 3.96. The number of nitrogens with zero attached hydrogens (tertiary/aromatic N) is 1. The molecule has 0 fully saturated rings. The first-order chi connectivity index (χ1) is 6.13. The van der Waals surface area contributed by atoms with Gasteiger partial charge in [0.25, 0.3) is 0 Å². The fourth-order valence-electron chi connectivity index (χ4n) is 1.15. The Morgan fingerprint density at radius 1 is 1.62 bits per heavy atom. The van der Waals surface area contributed by atoms with Gasteiger partial charge < -0.3 is 5.73 Å². The molecule has 0 aliphatic carbocycles. The Hall–Kier alpha value is -0.850. The Bertz CT molecular complexity index is 339. The summed E-state index contributed by atoms with van der Waals surface area (Å²) >= 11 is 3.33. The summed E-state index contributed by atoms with van der Waals surface area (Å²) in [5.41, 5.74) is 7.48. The zero-order chi connectivity index (χ0) is 9.84. The third-order valence-corrected chi connectivity index (χ3v) is 2.37. The first kappa shape index (κ1) is 10.2. The lowest BCUT2D eigenvalue weighted by atomic mass is 10.1. The van der Waals surface area contributed by atoms with Crippen LogP contribution < -0.4 is 5.73 Å². The molecule has 3 heteroatoms. The van der Waals surface area contributed by atoms with Crippen LogP contribution in [0.25, 0.3) is 0 Å². The number of nitriles is 1. The molecule has 0 aliphatic rings. The van der Waals surface area contributed by atoms with Gasteiger partial charge in [-0.05, 0) is 47.0 Å². The van der Waals surface area contributed by atoms with E-state index >= 15 is 0 Å². The van der Waals surface area contributed by atoms with Crippen LogP contribution in [0.1, 0.15) is 18.1 Å². The third-order valence-electron chi connectivity index (χ3n) is 1.71. The molecule has 0 heterocycles. The van der Waals surface area contributed by atoms with E-state index in [9.17, 15) is 0 Å². The van der Waals surface area contributed by atoms with Gasteiger partial charge in [0, 0.05) is 10.5 Å². The van der Waals surface area contributed by atoms with Crippen molar-refractivity contribution in [3.63, 3.8) is 0 Å². The van der Waals surface area contributed by atoms with Gasteiger partial charge in [0.1, 0.15) is 6.07 Å². The number of nitrogens with two attached hydrogens (primary N) is 1. The fraction of sp³-hybridized carbons (Fsp3) is 0.300. The second kappa shape index (κ2) is 4.40. The standard InChI is InChI=1S/C10H11BrN2/c1-7(13)4-8-2-3-9(6-12)10(11)5-8/h2-3,5,7H,4,13H2,1H3/t7-/m0/s1. The van der Waals surface area contributed by atoms with Crippen molar-refractivity contribution in [2.75, 3.05) is 0 Å². The average molecular weight is 239 g/mol. The van der Waals surface area contributed by atoms with Crippen molar-refractivity contribution in [2.45, 2.75) is 19.4 Å². The maximum absolute atomic E-state index is 8.69.